The van der Waals surface area contributed by atoms with Crippen LogP contribution in [-0.4, -0.2) is 70.1 Å². The van der Waals surface area contributed by atoms with Crippen molar-refractivity contribution < 1.29 is 4.74 Å². The van der Waals surface area contributed by atoms with Crippen LogP contribution in [0.5, 0.6) is 0 Å². The van der Waals surface area contributed by atoms with Gasteiger partial charge in [-0.3, -0.25) is 4.90 Å². The minimum absolute atomic E-state index is 0.437. The fraction of sp³-hybridized carbons (Fsp3) is 0.609. The number of fused-ring (bicyclic) bond motifs is 1. The van der Waals surface area contributed by atoms with Gasteiger partial charge in [-0.15, -0.1) is 0 Å². The summed E-state index contributed by atoms with van der Waals surface area (Å²) in [6.07, 6.45) is 9.80. The van der Waals surface area contributed by atoms with Gasteiger partial charge in [0.15, 0.2) is 5.82 Å². The number of aliphatic imine (C=N–C) groups is 1. The van der Waals surface area contributed by atoms with Crippen LogP contribution in [0.4, 0.5) is 11.8 Å². The van der Waals surface area contributed by atoms with Crippen LogP contribution < -0.4 is 10.6 Å². The first kappa shape index (κ1) is 20.5. The van der Waals surface area contributed by atoms with Gasteiger partial charge < -0.3 is 19.9 Å². The molecule has 8 heteroatoms. The zero-order chi connectivity index (χ0) is 21.2. The number of allylic oxidation sites excluding steroid dienone is 2. The van der Waals surface area contributed by atoms with Crippen LogP contribution in [0, 0.1) is 0 Å². The van der Waals surface area contributed by atoms with Gasteiger partial charge >= 0.3 is 0 Å². The van der Waals surface area contributed by atoms with Gasteiger partial charge in [-0.1, -0.05) is 0 Å². The highest BCUT2D eigenvalue weighted by molar-refractivity contribution is 5.98. The lowest BCUT2D eigenvalue weighted by atomic mass is 9.90. The Balaban J connectivity index is 1.34. The Bertz CT molecular complexity index is 981. The van der Waals surface area contributed by atoms with Crippen molar-refractivity contribution in [2.45, 2.75) is 51.1 Å². The van der Waals surface area contributed by atoms with E-state index in [9.17, 15) is 0 Å². The molecule has 3 aliphatic rings. The van der Waals surface area contributed by atoms with E-state index in [1.165, 1.54) is 12.8 Å². The summed E-state index contributed by atoms with van der Waals surface area (Å²) in [6, 6.07) is 3.18. The molecule has 1 saturated heterocycles. The molecule has 0 radical (unpaired) electrons. The molecular formula is C23H33N7O. The predicted molar refractivity (Wildman–Crippen MR) is 124 cm³/mol. The average Bonchev–Trinajstić information content (AvgIpc) is 3.16. The molecule has 0 unspecified atom stereocenters. The number of nitrogens with one attached hydrogen (secondary N) is 2. The number of aryl methyl sites for hydroxylation is 1. The third kappa shape index (κ3) is 4.60. The van der Waals surface area contributed by atoms with E-state index in [1.807, 2.05) is 12.3 Å². The average molecular weight is 424 g/mol. The predicted octanol–water partition coefficient (Wildman–Crippen LogP) is 2.99. The maximum atomic E-state index is 5.52. The van der Waals surface area contributed by atoms with Crippen LogP contribution in [0.1, 0.15) is 39.0 Å². The number of anilines is 1. The largest absolute Gasteiger partial charge is 0.388 e. The summed E-state index contributed by atoms with van der Waals surface area (Å²) < 4.78 is 7.62. The topological polar surface area (TPSA) is 79.6 Å². The van der Waals surface area contributed by atoms with E-state index in [0.29, 0.717) is 18.0 Å². The zero-order valence-electron chi connectivity index (χ0n) is 18.6. The van der Waals surface area contributed by atoms with E-state index in [-0.39, 0.29) is 0 Å². The summed E-state index contributed by atoms with van der Waals surface area (Å²) in [5, 5.41) is 7.09. The monoisotopic (exact) mass is 423 g/mol. The van der Waals surface area contributed by atoms with Gasteiger partial charge in [-0.2, -0.15) is 4.98 Å². The third-order valence-electron chi connectivity index (χ3n) is 6.72. The van der Waals surface area contributed by atoms with E-state index < -0.39 is 0 Å². The van der Waals surface area contributed by atoms with Crippen molar-refractivity contribution in [1.82, 2.24) is 24.8 Å². The Morgan fingerprint density at radius 3 is 2.74 bits per heavy atom. The van der Waals surface area contributed by atoms with Crippen molar-refractivity contribution in [2.24, 2.45) is 12.0 Å². The summed E-state index contributed by atoms with van der Waals surface area (Å²) >= 11 is 0. The van der Waals surface area contributed by atoms with Crippen LogP contribution in [0.15, 0.2) is 29.0 Å². The molecule has 4 heterocycles. The molecule has 2 N–H and O–H groups in total. The molecule has 0 amide bonds. The van der Waals surface area contributed by atoms with Crippen molar-refractivity contribution in [2.75, 3.05) is 38.2 Å². The number of aromatic nitrogens is 3. The van der Waals surface area contributed by atoms with Crippen molar-refractivity contribution in [3.05, 3.63) is 24.0 Å². The second-order valence-corrected chi connectivity index (χ2v) is 8.94. The van der Waals surface area contributed by atoms with Gasteiger partial charge in [0, 0.05) is 62.8 Å². The van der Waals surface area contributed by atoms with Crippen LogP contribution in [0.2, 0.25) is 0 Å². The van der Waals surface area contributed by atoms with Gasteiger partial charge in [-0.05, 0) is 44.7 Å². The third-order valence-corrected chi connectivity index (χ3v) is 6.72. The highest BCUT2D eigenvalue weighted by atomic mass is 16.5. The molecule has 1 saturated carbocycles. The molecule has 5 rings (SSSR count). The van der Waals surface area contributed by atoms with Crippen molar-refractivity contribution in [1.29, 1.82) is 0 Å². The van der Waals surface area contributed by atoms with Crippen molar-refractivity contribution in [3.63, 3.8) is 0 Å². The summed E-state index contributed by atoms with van der Waals surface area (Å²) in [5.74, 6) is 1.45. The van der Waals surface area contributed by atoms with E-state index >= 15 is 0 Å². The molecule has 2 fully saturated rings. The first-order valence-corrected chi connectivity index (χ1v) is 11.6. The molecule has 166 valence electrons. The standard InChI is InChI=1S/C23H33N7O/c1-16-15-18(7-9-24-16)26-23-27-20-8-10-29(2)21(20)22(28-23)25-17-3-5-19(6-4-17)30-11-13-31-14-12-30/h8,10,15,17,19,24H,3-7,9,11-14H2,1-2H3,(H,25,27,28). The minimum atomic E-state index is 0.437. The number of rotatable bonds is 4. The molecule has 31 heavy (non-hydrogen) atoms. The Kier molecular flexibility index (Phi) is 5.91. The lowest BCUT2D eigenvalue weighted by molar-refractivity contribution is 0.00791. The maximum absolute atomic E-state index is 5.52. The smallest absolute Gasteiger partial charge is 0.252 e. The minimum Gasteiger partial charge on any atom is -0.388 e. The van der Waals surface area contributed by atoms with E-state index in [2.05, 4.69) is 40.1 Å². The lowest BCUT2D eigenvalue weighted by Gasteiger charge is -2.39. The lowest BCUT2D eigenvalue weighted by Crippen LogP contribution is -2.46. The number of morpholine rings is 1. The molecule has 2 aromatic rings. The maximum Gasteiger partial charge on any atom is 0.252 e. The van der Waals surface area contributed by atoms with E-state index in [0.717, 1.165) is 80.4 Å². The second-order valence-electron chi connectivity index (χ2n) is 8.94. The normalized spacial score (nSPS) is 26.6. The van der Waals surface area contributed by atoms with Gasteiger partial charge in [0.25, 0.3) is 5.95 Å². The quantitative estimate of drug-likeness (QED) is 0.787. The molecule has 2 aliphatic heterocycles. The van der Waals surface area contributed by atoms with Crippen LogP contribution in [0.3, 0.4) is 0 Å². The van der Waals surface area contributed by atoms with Gasteiger partial charge in [0.1, 0.15) is 5.52 Å². The molecule has 2 aromatic heterocycles. The molecule has 1 aliphatic carbocycles. The molecule has 8 nitrogen and oxygen atoms in total. The SMILES string of the molecule is CC1=CC(=Nc2nc(NC3CCC(N4CCOCC4)CC3)c3c(ccn3C)n2)CCN1. The molecule has 0 atom stereocenters. The van der Waals surface area contributed by atoms with Gasteiger partial charge in [-0.25, -0.2) is 9.98 Å². The Morgan fingerprint density at radius 1 is 1.16 bits per heavy atom. The Labute approximate surface area is 183 Å². The number of hydrogen-bond donors (Lipinski definition) is 2. The summed E-state index contributed by atoms with van der Waals surface area (Å²) in [5.41, 5.74) is 4.16. The van der Waals surface area contributed by atoms with Crippen LogP contribution in [0.25, 0.3) is 11.0 Å². The second kappa shape index (κ2) is 8.96. The molecule has 0 bridgehead atoms. The molecular weight excluding hydrogens is 390 g/mol. The first-order valence-electron chi connectivity index (χ1n) is 11.6. The van der Waals surface area contributed by atoms with E-state index in [1.54, 1.807) is 0 Å². The van der Waals surface area contributed by atoms with Crippen LogP contribution >= 0.6 is 0 Å². The Hall–Kier alpha value is -2.45. The fourth-order valence-corrected chi connectivity index (χ4v) is 5.03. The number of ether oxygens (including phenoxy) is 1. The summed E-state index contributed by atoms with van der Waals surface area (Å²) in [4.78, 5) is 16.9. The molecule has 0 spiro atoms. The highest BCUT2D eigenvalue weighted by Gasteiger charge is 2.27. The van der Waals surface area contributed by atoms with Crippen LogP contribution in [-0.2, 0) is 11.8 Å². The zero-order valence-corrected chi connectivity index (χ0v) is 18.6. The van der Waals surface area contributed by atoms with E-state index in [4.69, 9.17) is 19.7 Å². The van der Waals surface area contributed by atoms with Crippen molar-refractivity contribution in [3.8, 4) is 0 Å². The molecule has 0 aromatic carbocycles. The van der Waals surface area contributed by atoms with Gasteiger partial charge in [0.2, 0.25) is 0 Å². The fourth-order valence-electron chi connectivity index (χ4n) is 5.03. The summed E-state index contributed by atoms with van der Waals surface area (Å²) in [7, 11) is 2.05. The summed E-state index contributed by atoms with van der Waals surface area (Å²) in [6.45, 7) is 6.88. The number of hydrogen-bond acceptors (Lipinski definition) is 7. The van der Waals surface area contributed by atoms with Gasteiger partial charge in [0.05, 0.1) is 18.7 Å². The number of nitrogens with zero attached hydrogens (tertiary/aromatic N) is 5. The first-order chi connectivity index (χ1) is 15.2. The van der Waals surface area contributed by atoms with Crippen molar-refractivity contribution >= 4 is 28.5 Å². The highest BCUT2D eigenvalue weighted by Crippen LogP contribution is 2.29. The Morgan fingerprint density at radius 2 is 1.97 bits per heavy atom.